The molecule has 0 bridgehead atoms. The molecule has 0 saturated heterocycles. The van der Waals surface area contributed by atoms with Gasteiger partial charge in [0.1, 0.15) is 12.4 Å². The fraction of sp³-hybridized carbons (Fsp3) is 0.438. The molecule has 114 valence electrons. The monoisotopic (exact) mass is 307 g/mol. The molecule has 2 rings (SSSR count). The number of halogens is 1. The van der Waals surface area contributed by atoms with Crippen molar-refractivity contribution < 1.29 is 4.74 Å². The summed E-state index contributed by atoms with van der Waals surface area (Å²) in [5, 5.41) is 8.49. The van der Waals surface area contributed by atoms with Crippen molar-refractivity contribution in [2.75, 3.05) is 13.7 Å². The Morgan fingerprint density at radius 3 is 2.62 bits per heavy atom. The van der Waals surface area contributed by atoms with Gasteiger partial charge in [0, 0.05) is 30.2 Å². The summed E-state index contributed by atoms with van der Waals surface area (Å²) >= 11 is 5.86. The number of ether oxygens (including phenoxy) is 1. The second-order valence-electron chi connectivity index (χ2n) is 5.06. The third-order valence-corrected chi connectivity index (χ3v) is 3.77. The van der Waals surface area contributed by atoms with E-state index in [9.17, 15) is 0 Å². The third-order valence-electron chi connectivity index (χ3n) is 3.52. The van der Waals surface area contributed by atoms with E-state index in [0.29, 0.717) is 6.61 Å². The van der Waals surface area contributed by atoms with Gasteiger partial charge in [-0.3, -0.25) is 4.68 Å². The van der Waals surface area contributed by atoms with Gasteiger partial charge in [-0.2, -0.15) is 5.10 Å². The minimum absolute atomic E-state index is 0.237. The molecule has 1 aromatic carbocycles. The Morgan fingerprint density at radius 1 is 1.33 bits per heavy atom. The van der Waals surface area contributed by atoms with E-state index in [-0.39, 0.29) is 6.04 Å². The zero-order valence-corrected chi connectivity index (χ0v) is 13.5. The summed E-state index contributed by atoms with van der Waals surface area (Å²) in [6.45, 7) is 2.72. The van der Waals surface area contributed by atoms with E-state index >= 15 is 0 Å². The fourth-order valence-electron chi connectivity index (χ4n) is 2.16. The number of hydrogen-bond donors (Lipinski definition) is 1. The van der Waals surface area contributed by atoms with E-state index in [1.165, 1.54) is 5.69 Å². The van der Waals surface area contributed by atoms with Crippen molar-refractivity contribution >= 4 is 11.6 Å². The molecule has 0 aliphatic heterocycles. The van der Waals surface area contributed by atoms with Gasteiger partial charge in [0.05, 0.1) is 5.69 Å². The number of nitrogens with zero attached hydrogens (tertiary/aromatic N) is 2. The summed E-state index contributed by atoms with van der Waals surface area (Å²) in [5.74, 6) is 0.832. The Labute approximate surface area is 131 Å². The van der Waals surface area contributed by atoms with Crippen LogP contribution < -0.4 is 10.1 Å². The Morgan fingerprint density at radius 2 is 2.05 bits per heavy atom. The molecule has 1 atom stereocenters. The van der Waals surface area contributed by atoms with Gasteiger partial charge in [0.15, 0.2) is 0 Å². The van der Waals surface area contributed by atoms with Gasteiger partial charge >= 0.3 is 0 Å². The maximum absolute atomic E-state index is 5.86. The van der Waals surface area contributed by atoms with Crippen LogP contribution in [0.15, 0.2) is 30.3 Å². The minimum Gasteiger partial charge on any atom is -0.492 e. The van der Waals surface area contributed by atoms with Gasteiger partial charge in [-0.05, 0) is 43.8 Å². The molecule has 0 aliphatic rings. The van der Waals surface area contributed by atoms with Crippen LogP contribution in [0.2, 0.25) is 5.02 Å². The topological polar surface area (TPSA) is 39.1 Å². The summed E-state index contributed by atoms with van der Waals surface area (Å²) in [4.78, 5) is 0. The standard InChI is InChI=1S/C16H22ClN3O/c1-4-13-9-15(20(3)19-13)10-14(18-2)11-21-16-7-5-12(17)6-8-16/h5-9,14,18H,4,10-11H2,1-3H3. The largest absolute Gasteiger partial charge is 0.492 e. The number of rotatable bonds is 7. The Balaban J connectivity index is 1.93. The lowest BCUT2D eigenvalue weighted by Gasteiger charge is -2.17. The van der Waals surface area contributed by atoms with Crippen LogP contribution in [0.25, 0.3) is 0 Å². The van der Waals surface area contributed by atoms with Crippen molar-refractivity contribution in [1.29, 1.82) is 0 Å². The molecule has 0 saturated carbocycles. The molecular formula is C16H22ClN3O. The number of benzene rings is 1. The highest BCUT2D eigenvalue weighted by molar-refractivity contribution is 6.30. The summed E-state index contributed by atoms with van der Waals surface area (Å²) in [5.41, 5.74) is 2.34. The van der Waals surface area contributed by atoms with E-state index < -0.39 is 0 Å². The molecule has 1 N–H and O–H groups in total. The number of likely N-dealkylation sites (N-methyl/N-ethyl adjacent to an activating group) is 1. The molecule has 0 spiro atoms. The number of hydrogen-bond acceptors (Lipinski definition) is 3. The normalized spacial score (nSPS) is 12.4. The maximum atomic E-state index is 5.86. The molecule has 0 radical (unpaired) electrons. The lowest BCUT2D eigenvalue weighted by molar-refractivity contribution is 0.268. The van der Waals surface area contributed by atoms with Gasteiger partial charge in [-0.15, -0.1) is 0 Å². The van der Waals surface area contributed by atoms with Crippen molar-refractivity contribution in [3.05, 3.63) is 46.7 Å². The predicted octanol–water partition coefficient (Wildman–Crippen LogP) is 2.85. The first-order chi connectivity index (χ1) is 10.1. The summed E-state index contributed by atoms with van der Waals surface area (Å²) in [6.07, 6.45) is 1.84. The second kappa shape index (κ2) is 7.48. The minimum atomic E-state index is 0.237. The van der Waals surface area contributed by atoms with E-state index in [1.54, 1.807) is 0 Å². The van der Waals surface area contributed by atoms with Crippen LogP contribution in [0.3, 0.4) is 0 Å². The van der Waals surface area contributed by atoms with Crippen molar-refractivity contribution in [2.24, 2.45) is 7.05 Å². The van der Waals surface area contributed by atoms with Crippen LogP contribution in [0, 0.1) is 0 Å². The molecule has 0 aliphatic carbocycles. The SMILES string of the molecule is CCc1cc(CC(COc2ccc(Cl)cc2)NC)n(C)n1. The van der Waals surface area contributed by atoms with Crippen LogP contribution in [-0.2, 0) is 19.9 Å². The summed E-state index contributed by atoms with van der Waals surface area (Å²) in [6, 6.07) is 9.83. The molecular weight excluding hydrogens is 286 g/mol. The average molecular weight is 308 g/mol. The molecule has 0 fully saturated rings. The predicted molar refractivity (Wildman–Crippen MR) is 86.1 cm³/mol. The molecule has 1 unspecified atom stereocenters. The highest BCUT2D eigenvalue weighted by Crippen LogP contribution is 2.16. The quantitative estimate of drug-likeness (QED) is 0.855. The van der Waals surface area contributed by atoms with Crippen molar-refractivity contribution in [3.8, 4) is 5.75 Å². The lowest BCUT2D eigenvalue weighted by atomic mass is 10.1. The molecule has 1 aromatic heterocycles. The number of nitrogens with one attached hydrogen (secondary N) is 1. The number of aromatic nitrogens is 2. The average Bonchev–Trinajstić information content (AvgIpc) is 2.85. The highest BCUT2D eigenvalue weighted by atomic mass is 35.5. The fourth-order valence-corrected chi connectivity index (χ4v) is 2.29. The first-order valence-electron chi connectivity index (χ1n) is 7.19. The van der Waals surface area contributed by atoms with Gasteiger partial charge in [-0.25, -0.2) is 0 Å². The summed E-state index contributed by atoms with van der Waals surface area (Å²) < 4.78 is 7.76. The molecule has 0 amide bonds. The van der Waals surface area contributed by atoms with Crippen LogP contribution in [0.1, 0.15) is 18.3 Å². The molecule has 4 nitrogen and oxygen atoms in total. The van der Waals surface area contributed by atoms with Crippen LogP contribution in [-0.4, -0.2) is 29.5 Å². The first kappa shape index (κ1) is 15.9. The Kier molecular flexibility index (Phi) is 5.65. The van der Waals surface area contributed by atoms with Crippen molar-refractivity contribution in [2.45, 2.75) is 25.8 Å². The zero-order chi connectivity index (χ0) is 15.2. The Bertz CT molecular complexity index is 565. The smallest absolute Gasteiger partial charge is 0.119 e. The summed E-state index contributed by atoms with van der Waals surface area (Å²) in [7, 11) is 3.94. The molecule has 2 aromatic rings. The van der Waals surface area contributed by atoms with Gasteiger partial charge < -0.3 is 10.1 Å². The number of aryl methyl sites for hydroxylation is 2. The van der Waals surface area contributed by atoms with E-state index in [1.807, 2.05) is 43.0 Å². The van der Waals surface area contributed by atoms with E-state index in [0.717, 1.165) is 29.3 Å². The van der Waals surface area contributed by atoms with Crippen molar-refractivity contribution in [3.63, 3.8) is 0 Å². The van der Waals surface area contributed by atoms with Crippen LogP contribution >= 0.6 is 11.6 Å². The van der Waals surface area contributed by atoms with E-state index in [4.69, 9.17) is 16.3 Å². The molecule has 5 heteroatoms. The Hall–Kier alpha value is -1.52. The highest BCUT2D eigenvalue weighted by Gasteiger charge is 2.12. The van der Waals surface area contributed by atoms with E-state index in [2.05, 4.69) is 23.4 Å². The lowest BCUT2D eigenvalue weighted by Crippen LogP contribution is -2.34. The maximum Gasteiger partial charge on any atom is 0.119 e. The second-order valence-corrected chi connectivity index (χ2v) is 5.50. The molecule has 1 heterocycles. The molecule has 21 heavy (non-hydrogen) atoms. The van der Waals surface area contributed by atoms with Crippen LogP contribution in [0.5, 0.6) is 5.75 Å². The first-order valence-corrected chi connectivity index (χ1v) is 7.57. The van der Waals surface area contributed by atoms with Crippen LogP contribution in [0.4, 0.5) is 0 Å². The van der Waals surface area contributed by atoms with Crippen molar-refractivity contribution in [1.82, 2.24) is 15.1 Å². The zero-order valence-electron chi connectivity index (χ0n) is 12.8. The van der Waals surface area contributed by atoms with Gasteiger partial charge in [0.25, 0.3) is 0 Å². The van der Waals surface area contributed by atoms with Gasteiger partial charge in [0.2, 0.25) is 0 Å². The van der Waals surface area contributed by atoms with Gasteiger partial charge in [-0.1, -0.05) is 18.5 Å². The third kappa shape index (κ3) is 4.48.